The molecule has 0 unspecified atom stereocenters. The average molecular weight is 542 g/mol. The second-order valence-electron chi connectivity index (χ2n) is 9.74. The third-order valence-electron chi connectivity index (χ3n) is 6.83. The van der Waals surface area contributed by atoms with Crippen LogP contribution in [0.25, 0.3) is 0 Å². The van der Waals surface area contributed by atoms with Crippen molar-refractivity contribution in [3.63, 3.8) is 0 Å². The lowest BCUT2D eigenvalue weighted by molar-refractivity contribution is -0.140. The van der Waals surface area contributed by atoms with Crippen molar-refractivity contribution in [2.75, 3.05) is 13.2 Å². The Balaban J connectivity index is 1.50. The van der Waals surface area contributed by atoms with Crippen molar-refractivity contribution in [3.05, 3.63) is 118 Å². The number of carbonyl (C=O) groups excluding carboxylic acids is 2. The van der Waals surface area contributed by atoms with Gasteiger partial charge >= 0.3 is 11.9 Å². The SMILES string of the molecule is CC1=C(C(=O)OCCCc2cccnc2)C(c2ccc(CO)cc2)C(C(=O)OCCCc2cccnc2)=C(C)N1. The molecule has 2 N–H and O–H groups in total. The van der Waals surface area contributed by atoms with Crippen LogP contribution in [0.3, 0.4) is 0 Å². The van der Waals surface area contributed by atoms with Crippen molar-refractivity contribution in [1.82, 2.24) is 15.3 Å². The van der Waals surface area contributed by atoms with E-state index in [4.69, 9.17) is 9.47 Å². The molecule has 208 valence electrons. The molecule has 1 aliphatic rings. The summed E-state index contributed by atoms with van der Waals surface area (Å²) in [6, 6.07) is 15.0. The van der Waals surface area contributed by atoms with E-state index in [0.717, 1.165) is 35.1 Å². The van der Waals surface area contributed by atoms with Crippen LogP contribution in [0.1, 0.15) is 54.9 Å². The minimum Gasteiger partial charge on any atom is -0.462 e. The first-order valence-electron chi connectivity index (χ1n) is 13.5. The Morgan fingerprint density at radius 2 is 1.27 bits per heavy atom. The van der Waals surface area contributed by atoms with Crippen LogP contribution in [-0.2, 0) is 38.5 Å². The molecule has 0 saturated carbocycles. The fraction of sp³-hybridized carbons (Fsp3) is 0.312. The van der Waals surface area contributed by atoms with Gasteiger partial charge in [-0.15, -0.1) is 0 Å². The lowest BCUT2D eigenvalue weighted by atomic mass is 9.80. The molecule has 0 fully saturated rings. The number of benzene rings is 1. The second-order valence-corrected chi connectivity index (χ2v) is 9.74. The van der Waals surface area contributed by atoms with Gasteiger partial charge in [0, 0.05) is 36.2 Å². The molecule has 1 aromatic carbocycles. The molecule has 0 radical (unpaired) electrons. The zero-order chi connectivity index (χ0) is 28.3. The summed E-state index contributed by atoms with van der Waals surface area (Å²) < 4.78 is 11.4. The third kappa shape index (κ3) is 7.42. The fourth-order valence-corrected chi connectivity index (χ4v) is 4.81. The molecule has 0 spiro atoms. The van der Waals surface area contributed by atoms with Gasteiger partial charge in [-0.25, -0.2) is 9.59 Å². The van der Waals surface area contributed by atoms with Gasteiger partial charge in [0.05, 0.1) is 36.9 Å². The molecule has 0 bridgehead atoms. The standard InChI is InChI=1S/C32H35N3O5/c1-22-28(31(37)39-17-5-9-24-7-3-15-33-19-24)30(27-13-11-26(21-36)12-14-27)29(23(2)35-22)32(38)40-18-6-10-25-8-4-16-34-20-25/h3-4,7-8,11-16,19-20,30,35-36H,5-6,9-10,17-18,21H2,1-2H3. The van der Waals surface area contributed by atoms with E-state index < -0.39 is 17.9 Å². The average Bonchev–Trinajstić information content (AvgIpc) is 2.98. The molecule has 0 atom stereocenters. The van der Waals surface area contributed by atoms with E-state index in [9.17, 15) is 14.7 Å². The van der Waals surface area contributed by atoms with Crippen LogP contribution in [-0.4, -0.2) is 40.2 Å². The van der Waals surface area contributed by atoms with Crippen LogP contribution in [0.2, 0.25) is 0 Å². The molecule has 8 nitrogen and oxygen atoms in total. The number of aromatic nitrogens is 2. The van der Waals surface area contributed by atoms with Gasteiger partial charge < -0.3 is 19.9 Å². The van der Waals surface area contributed by atoms with Gasteiger partial charge in [-0.2, -0.15) is 0 Å². The number of nitrogens with one attached hydrogen (secondary N) is 1. The van der Waals surface area contributed by atoms with E-state index in [1.807, 2.05) is 36.4 Å². The number of hydrogen-bond donors (Lipinski definition) is 2. The first-order valence-corrected chi connectivity index (χ1v) is 13.5. The minimum atomic E-state index is -0.675. The van der Waals surface area contributed by atoms with E-state index >= 15 is 0 Å². The molecule has 1 aliphatic heterocycles. The monoisotopic (exact) mass is 541 g/mol. The topological polar surface area (TPSA) is 111 Å². The summed E-state index contributed by atoms with van der Waals surface area (Å²) >= 11 is 0. The summed E-state index contributed by atoms with van der Waals surface area (Å²) in [6.07, 6.45) is 9.81. The van der Waals surface area contributed by atoms with Crippen LogP contribution < -0.4 is 5.32 Å². The zero-order valence-corrected chi connectivity index (χ0v) is 22.9. The quantitative estimate of drug-likeness (QED) is 0.254. The molecule has 4 rings (SSSR count). The number of ether oxygens (including phenoxy) is 2. The molecule has 0 saturated heterocycles. The summed E-state index contributed by atoms with van der Waals surface area (Å²) in [6.45, 7) is 3.98. The molecule has 40 heavy (non-hydrogen) atoms. The first-order chi connectivity index (χ1) is 19.5. The third-order valence-corrected chi connectivity index (χ3v) is 6.83. The molecule has 0 aliphatic carbocycles. The number of pyridine rings is 2. The number of esters is 2. The van der Waals surface area contributed by atoms with Gasteiger partial charge in [0.15, 0.2) is 0 Å². The normalized spacial score (nSPS) is 13.7. The zero-order valence-electron chi connectivity index (χ0n) is 22.9. The van der Waals surface area contributed by atoms with E-state index in [1.54, 1.807) is 50.8 Å². The van der Waals surface area contributed by atoms with Gasteiger partial charge in [-0.1, -0.05) is 36.4 Å². The molecule has 2 aromatic heterocycles. The Morgan fingerprint density at radius 3 is 1.70 bits per heavy atom. The van der Waals surface area contributed by atoms with Crippen LogP contribution >= 0.6 is 0 Å². The number of nitrogens with zero attached hydrogens (tertiary/aromatic N) is 2. The summed E-state index contributed by atoms with van der Waals surface area (Å²) in [5.41, 5.74) is 5.60. The van der Waals surface area contributed by atoms with Gasteiger partial charge in [-0.3, -0.25) is 9.97 Å². The molecule has 3 heterocycles. The van der Waals surface area contributed by atoms with Crippen LogP contribution in [0, 0.1) is 0 Å². The molecule has 0 amide bonds. The lowest BCUT2D eigenvalue weighted by Gasteiger charge is -2.30. The first kappa shape index (κ1) is 28.7. The van der Waals surface area contributed by atoms with E-state index in [0.29, 0.717) is 35.4 Å². The number of aliphatic hydroxyl groups excluding tert-OH is 1. The highest BCUT2D eigenvalue weighted by Crippen LogP contribution is 2.39. The van der Waals surface area contributed by atoms with E-state index in [-0.39, 0.29) is 19.8 Å². The number of aryl methyl sites for hydroxylation is 2. The maximum atomic E-state index is 13.5. The van der Waals surface area contributed by atoms with Crippen LogP contribution in [0.5, 0.6) is 0 Å². The second kappa shape index (κ2) is 14.2. The van der Waals surface area contributed by atoms with E-state index in [2.05, 4.69) is 15.3 Å². The summed E-state index contributed by atoms with van der Waals surface area (Å²) in [7, 11) is 0. The van der Waals surface area contributed by atoms with Gasteiger partial charge in [0.25, 0.3) is 0 Å². The highest BCUT2D eigenvalue weighted by molar-refractivity contribution is 5.99. The Hall–Kier alpha value is -4.30. The maximum Gasteiger partial charge on any atom is 0.336 e. The lowest BCUT2D eigenvalue weighted by Crippen LogP contribution is -2.32. The van der Waals surface area contributed by atoms with Crippen molar-refractivity contribution < 1.29 is 24.2 Å². The predicted octanol–water partition coefficient (Wildman–Crippen LogP) is 4.56. The summed E-state index contributed by atoms with van der Waals surface area (Å²) in [5.74, 6) is -1.64. The highest BCUT2D eigenvalue weighted by atomic mass is 16.5. The minimum absolute atomic E-state index is 0.103. The largest absolute Gasteiger partial charge is 0.462 e. The maximum absolute atomic E-state index is 13.5. The van der Waals surface area contributed by atoms with Crippen LogP contribution in [0.15, 0.2) is 95.9 Å². The van der Waals surface area contributed by atoms with Crippen molar-refractivity contribution in [2.45, 2.75) is 52.1 Å². The van der Waals surface area contributed by atoms with Gasteiger partial charge in [0.1, 0.15) is 0 Å². The summed E-state index contributed by atoms with van der Waals surface area (Å²) in [5, 5.41) is 12.7. The number of rotatable bonds is 12. The Labute approximate surface area is 234 Å². The predicted molar refractivity (Wildman–Crippen MR) is 151 cm³/mol. The van der Waals surface area contributed by atoms with Gasteiger partial charge in [-0.05, 0) is 73.9 Å². The van der Waals surface area contributed by atoms with Crippen molar-refractivity contribution >= 4 is 11.9 Å². The van der Waals surface area contributed by atoms with Crippen molar-refractivity contribution in [3.8, 4) is 0 Å². The van der Waals surface area contributed by atoms with E-state index in [1.165, 1.54) is 0 Å². The van der Waals surface area contributed by atoms with Crippen LogP contribution in [0.4, 0.5) is 0 Å². The number of hydrogen-bond acceptors (Lipinski definition) is 8. The number of allylic oxidation sites excluding steroid dienone is 2. The Morgan fingerprint density at radius 1 is 0.775 bits per heavy atom. The van der Waals surface area contributed by atoms with Crippen molar-refractivity contribution in [2.24, 2.45) is 0 Å². The molecular formula is C32H35N3O5. The van der Waals surface area contributed by atoms with Gasteiger partial charge in [0.2, 0.25) is 0 Å². The summed E-state index contributed by atoms with van der Waals surface area (Å²) in [4.78, 5) is 35.2. The molecular weight excluding hydrogens is 506 g/mol. The smallest absolute Gasteiger partial charge is 0.336 e. The number of dihydropyridines is 1. The number of carbonyl (C=O) groups is 2. The Bertz CT molecular complexity index is 1270. The Kier molecular flexibility index (Phi) is 10.2. The molecule has 3 aromatic rings. The molecule has 8 heteroatoms. The number of aliphatic hydroxyl groups is 1. The van der Waals surface area contributed by atoms with Crippen molar-refractivity contribution in [1.29, 1.82) is 0 Å². The fourth-order valence-electron chi connectivity index (χ4n) is 4.81. The highest BCUT2D eigenvalue weighted by Gasteiger charge is 2.38.